The minimum atomic E-state index is 0.0677. The molecule has 74 valence electrons. The van der Waals surface area contributed by atoms with E-state index < -0.39 is 0 Å². The van der Waals surface area contributed by atoms with Crippen LogP contribution < -0.4 is 10.8 Å². The molecule has 0 aromatic heterocycles. The normalized spacial score (nSPS) is 28.5. The van der Waals surface area contributed by atoms with Crippen LogP contribution in [-0.4, -0.2) is 25.1 Å². The highest BCUT2D eigenvalue weighted by molar-refractivity contribution is 5.78. The molecule has 2 N–H and O–H groups in total. The summed E-state index contributed by atoms with van der Waals surface area (Å²) in [6.45, 7) is 1.84. The second kappa shape index (κ2) is 4.07. The van der Waals surface area contributed by atoms with Gasteiger partial charge in [-0.25, -0.2) is 5.48 Å². The van der Waals surface area contributed by atoms with Crippen molar-refractivity contribution in [2.45, 2.75) is 31.8 Å². The molecule has 1 saturated heterocycles. The predicted octanol–water partition coefficient (Wildman–Crippen LogP) is 0.196. The van der Waals surface area contributed by atoms with Crippen molar-refractivity contribution in [3.05, 3.63) is 0 Å². The Morgan fingerprint density at radius 1 is 1.38 bits per heavy atom. The van der Waals surface area contributed by atoms with Gasteiger partial charge in [-0.2, -0.15) is 0 Å². The number of amides is 1. The number of nitrogens with one attached hydrogen (secondary N) is 2. The Labute approximate surface area is 78.0 Å². The highest BCUT2D eigenvalue weighted by atomic mass is 16.7. The van der Waals surface area contributed by atoms with Gasteiger partial charge in [0.15, 0.2) is 0 Å². The zero-order valence-corrected chi connectivity index (χ0v) is 7.71. The number of rotatable bonds is 3. The van der Waals surface area contributed by atoms with Crippen molar-refractivity contribution in [2.24, 2.45) is 5.92 Å². The summed E-state index contributed by atoms with van der Waals surface area (Å²) in [5.41, 5.74) is 2.55. The Morgan fingerprint density at radius 2 is 2.23 bits per heavy atom. The van der Waals surface area contributed by atoms with Crippen LogP contribution in [-0.2, 0) is 9.63 Å². The van der Waals surface area contributed by atoms with Crippen molar-refractivity contribution in [1.82, 2.24) is 10.8 Å². The van der Waals surface area contributed by atoms with Crippen molar-refractivity contribution < 1.29 is 9.63 Å². The van der Waals surface area contributed by atoms with E-state index in [0.29, 0.717) is 0 Å². The van der Waals surface area contributed by atoms with Gasteiger partial charge in [0.2, 0.25) is 5.91 Å². The number of hydrogen-bond acceptors (Lipinski definition) is 3. The topological polar surface area (TPSA) is 50.4 Å². The maximum absolute atomic E-state index is 11.3. The maximum Gasteiger partial charge on any atom is 0.246 e. The second-order valence-electron chi connectivity index (χ2n) is 3.83. The molecular formula is C9H16N2O2. The van der Waals surface area contributed by atoms with E-state index in [-0.39, 0.29) is 17.9 Å². The molecule has 0 aromatic carbocycles. The van der Waals surface area contributed by atoms with Crippen LogP contribution in [0.5, 0.6) is 0 Å². The summed E-state index contributed by atoms with van der Waals surface area (Å²) < 4.78 is 0. The van der Waals surface area contributed by atoms with E-state index in [1.807, 2.05) is 0 Å². The Kier molecular flexibility index (Phi) is 2.80. The zero-order valence-electron chi connectivity index (χ0n) is 7.71. The first-order chi connectivity index (χ1) is 6.36. The van der Waals surface area contributed by atoms with Gasteiger partial charge in [0.05, 0.1) is 6.10 Å². The van der Waals surface area contributed by atoms with E-state index >= 15 is 0 Å². The van der Waals surface area contributed by atoms with Crippen molar-refractivity contribution in [3.63, 3.8) is 0 Å². The lowest BCUT2D eigenvalue weighted by Gasteiger charge is -2.24. The molecule has 2 aliphatic rings. The predicted molar refractivity (Wildman–Crippen MR) is 47.8 cm³/mol. The van der Waals surface area contributed by atoms with Gasteiger partial charge in [-0.1, -0.05) is 6.42 Å². The van der Waals surface area contributed by atoms with Gasteiger partial charge in [0.25, 0.3) is 0 Å². The van der Waals surface area contributed by atoms with E-state index in [1.54, 1.807) is 0 Å². The summed E-state index contributed by atoms with van der Waals surface area (Å²) in [5.74, 6) is 0.285. The summed E-state index contributed by atoms with van der Waals surface area (Å²) in [6.07, 6.45) is 4.40. The number of carbonyl (C=O) groups excluding carboxylic acids is 1. The molecule has 1 saturated carbocycles. The van der Waals surface area contributed by atoms with Gasteiger partial charge in [-0.15, -0.1) is 0 Å². The van der Waals surface area contributed by atoms with Crippen LogP contribution in [0, 0.1) is 5.92 Å². The summed E-state index contributed by atoms with van der Waals surface area (Å²) >= 11 is 0. The highest BCUT2D eigenvalue weighted by Gasteiger charge is 2.26. The molecule has 0 bridgehead atoms. The molecule has 1 heterocycles. The van der Waals surface area contributed by atoms with Crippen molar-refractivity contribution >= 4 is 5.91 Å². The van der Waals surface area contributed by atoms with Crippen LogP contribution >= 0.6 is 0 Å². The lowest BCUT2D eigenvalue weighted by atomic mass is 9.85. The van der Waals surface area contributed by atoms with Crippen LogP contribution in [0.2, 0.25) is 0 Å². The lowest BCUT2D eigenvalue weighted by molar-refractivity contribution is -0.144. The maximum atomic E-state index is 11.3. The lowest BCUT2D eigenvalue weighted by Crippen LogP contribution is -2.37. The zero-order chi connectivity index (χ0) is 9.10. The minimum Gasteiger partial charge on any atom is -0.314 e. The van der Waals surface area contributed by atoms with Crippen LogP contribution in [0.15, 0.2) is 0 Å². The fraction of sp³-hybridized carbons (Fsp3) is 0.889. The van der Waals surface area contributed by atoms with Gasteiger partial charge in [-0.3, -0.25) is 9.63 Å². The molecule has 0 aromatic rings. The van der Waals surface area contributed by atoms with E-state index in [9.17, 15) is 4.79 Å². The number of hydroxylamine groups is 1. The van der Waals surface area contributed by atoms with E-state index in [1.165, 1.54) is 6.42 Å². The summed E-state index contributed by atoms with van der Waals surface area (Å²) in [6, 6.07) is 0. The quantitative estimate of drug-likeness (QED) is 0.616. The van der Waals surface area contributed by atoms with Gasteiger partial charge in [0, 0.05) is 12.5 Å². The summed E-state index contributed by atoms with van der Waals surface area (Å²) in [5, 5.41) is 3.18. The molecule has 4 heteroatoms. The van der Waals surface area contributed by atoms with Gasteiger partial charge in [0.1, 0.15) is 0 Å². The first kappa shape index (κ1) is 8.97. The highest BCUT2D eigenvalue weighted by Crippen LogP contribution is 2.26. The first-order valence-electron chi connectivity index (χ1n) is 5.02. The monoisotopic (exact) mass is 184 g/mol. The van der Waals surface area contributed by atoms with Gasteiger partial charge < -0.3 is 5.32 Å². The Balaban J connectivity index is 1.63. The van der Waals surface area contributed by atoms with Crippen molar-refractivity contribution in [2.75, 3.05) is 13.1 Å². The Bertz CT molecular complexity index is 186. The van der Waals surface area contributed by atoms with Crippen molar-refractivity contribution in [3.8, 4) is 0 Å². The molecule has 0 spiro atoms. The van der Waals surface area contributed by atoms with Crippen LogP contribution in [0.4, 0.5) is 0 Å². The van der Waals surface area contributed by atoms with E-state index in [0.717, 1.165) is 32.4 Å². The number of carbonyl (C=O) groups is 1. The Hall–Kier alpha value is -0.610. The molecule has 2 fully saturated rings. The molecule has 1 aliphatic heterocycles. The third-order valence-corrected chi connectivity index (χ3v) is 2.82. The molecule has 1 atom stereocenters. The average molecular weight is 184 g/mol. The van der Waals surface area contributed by atoms with Crippen LogP contribution in [0.25, 0.3) is 0 Å². The fourth-order valence-corrected chi connectivity index (χ4v) is 1.62. The molecule has 2 rings (SSSR count). The van der Waals surface area contributed by atoms with E-state index in [2.05, 4.69) is 10.8 Å². The van der Waals surface area contributed by atoms with Crippen LogP contribution in [0.1, 0.15) is 25.7 Å². The third-order valence-electron chi connectivity index (χ3n) is 2.82. The first-order valence-corrected chi connectivity index (χ1v) is 5.02. The minimum absolute atomic E-state index is 0.0677. The molecule has 13 heavy (non-hydrogen) atoms. The Morgan fingerprint density at radius 3 is 2.77 bits per heavy atom. The van der Waals surface area contributed by atoms with Gasteiger partial charge in [-0.05, 0) is 25.8 Å². The summed E-state index contributed by atoms with van der Waals surface area (Å²) in [4.78, 5) is 16.6. The van der Waals surface area contributed by atoms with Gasteiger partial charge >= 0.3 is 0 Å². The fourth-order valence-electron chi connectivity index (χ4n) is 1.62. The molecule has 4 nitrogen and oxygen atoms in total. The summed E-state index contributed by atoms with van der Waals surface area (Å²) in [7, 11) is 0. The average Bonchev–Trinajstić information content (AvgIpc) is 2.49. The largest absolute Gasteiger partial charge is 0.314 e. The molecule has 0 radical (unpaired) electrons. The molecule has 1 aliphatic carbocycles. The SMILES string of the molecule is O=C(NOC1CCNC1)C1CCC1. The smallest absolute Gasteiger partial charge is 0.246 e. The second-order valence-corrected chi connectivity index (χ2v) is 3.83. The number of hydrogen-bond donors (Lipinski definition) is 2. The third kappa shape index (κ3) is 2.19. The molecule has 1 amide bonds. The standard InChI is InChI=1S/C9H16N2O2/c12-9(7-2-1-3-7)11-13-8-4-5-10-6-8/h7-8,10H,1-6H2,(H,11,12). The molecule has 1 unspecified atom stereocenters. The molecular weight excluding hydrogens is 168 g/mol. The van der Waals surface area contributed by atoms with Crippen LogP contribution in [0.3, 0.4) is 0 Å². The van der Waals surface area contributed by atoms with Crippen molar-refractivity contribution in [1.29, 1.82) is 0 Å². The van der Waals surface area contributed by atoms with E-state index in [4.69, 9.17) is 4.84 Å².